The molecule has 0 amide bonds. The lowest BCUT2D eigenvalue weighted by atomic mass is 9.96. The molecule has 0 unspecified atom stereocenters. The van der Waals surface area contributed by atoms with Gasteiger partial charge in [0.05, 0.1) is 17.1 Å². The number of hydrogen-bond acceptors (Lipinski definition) is 2. The second-order valence-corrected chi connectivity index (χ2v) is 4.83. The van der Waals surface area contributed by atoms with Crippen LogP contribution in [0.5, 0.6) is 0 Å². The number of pyridine rings is 1. The Morgan fingerprint density at radius 3 is 2.76 bits per heavy atom. The van der Waals surface area contributed by atoms with Gasteiger partial charge in [-0.2, -0.15) is 5.26 Å². The lowest BCUT2D eigenvalue weighted by molar-refractivity contribution is 0.649. The zero-order chi connectivity index (χ0) is 12.4. The molecule has 2 heteroatoms. The van der Waals surface area contributed by atoms with Crippen LogP contribution in [0.2, 0.25) is 0 Å². The average molecular weight is 224 g/mol. The smallest absolute Gasteiger partial charge is 0.0998 e. The van der Waals surface area contributed by atoms with E-state index in [9.17, 15) is 5.26 Å². The van der Waals surface area contributed by atoms with Gasteiger partial charge >= 0.3 is 0 Å². The van der Waals surface area contributed by atoms with Crippen LogP contribution in [0, 0.1) is 24.2 Å². The monoisotopic (exact) mass is 224 g/mol. The molecule has 0 radical (unpaired) electrons. The average Bonchev–Trinajstić information content (AvgIpc) is 2.26. The largest absolute Gasteiger partial charge is 0.253 e. The maximum Gasteiger partial charge on any atom is 0.0998 e. The first-order chi connectivity index (χ1) is 8.11. The van der Waals surface area contributed by atoms with Crippen LogP contribution in [0.3, 0.4) is 0 Å². The summed E-state index contributed by atoms with van der Waals surface area (Å²) in [5, 5.41) is 10.2. The third-order valence-electron chi connectivity index (χ3n) is 2.79. The highest BCUT2D eigenvalue weighted by molar-refractivity contribution is 5.88. The molecule has 2 nitrogen and oxygen atoms in total. The normalized spacial score (nSPS) is 10.8. The van der Waals surface area contributed by atoms with Crippen LogP contribution in [0.25, 0.3) is 10.9 Å². The van der Waals surface area contributed by atoms with Crippen molar-refractivity contribution in [2.45, 2.75) is 27.2 Å². The summed E-state index contributed by atoms with van der Waals surface area (Å²) in [7, 11) is 0. The minimum absolute atomic E-state index is 0.576. The molecule has 86 valence electrons. The van der Waals surface area contributed by atoms with E-state index in [1.54, 1.807) is 0 Å². The van der Waals surface area contributed by atoms with E-state index in [0.717, 1.165) is 28.6 Å². The highest BCUT2D eigenvalue weighted by Gasteiger charge is 2.09. The zero-order valence-corrected chi connectivity index (χ0v) is 10.5. The lowest BCUT2D eigenvalue weighted by Crippen LogP contribution is -1.99. The maximum atomic E-state index is 9.19. The van der Waals surface area contributed by atoms with Crippen molar-refractivity contribution in [3.63, 3.8) is 0 Å². The maximum absolute atomic E-state index is 9.19. The van der Waals surface area contributed by atoms with Gasteiger partial charge in [-0.25, -0.2) is 0 Å². The van der Waals surface area contributed by atoms with Crippen molar-refractivity contribution in [3.05, 3.63) is 41.1 Å². The molecule has 0 aliphatic rings. The van der Waals surface area contributed by atoms with Gasteiger partial charge in [0.15, 0.2) is 0 Å². The van der Waals surface area contributed by atoms with E-state index in [1.807, 2.05) is 25.1 Å². The van der Waals surface area contributed by atoms with Crippen molar-refractivity contribution in [3.8, 4) is 6.07 Å². The van der Waals surface area contributed by atoms with E-state index in [4.69, 9.17) is 0 Å². The Kier molecular flexibility index (Phi) is 3.10. The van der Waals surface area contributed by atoms with E-state index in [2.05, 4.69) is 31.0 Å². The molecule has 17 heavy (non-hydrogen) atoms. The number of hydrogen-bond donors (Lipinski definition) is 0. The Balaban J connectivity index is 2.76. The van der Waals surface area contributed by atoms with Crippen LogP contribution in [0.15, 0.2) is 24.3 Å². The molecule has 0 aliphatic heterocycles. The second kappa shape index (κ2) is 4.55. The fraction of sp³-hybridized carbons (Fsp3) is 0.333. The summed E-state index contributed by atoms with van der Waals surface area (Å²) in [5.41, 5.74) is 3.91. The highest BCUT2D eigenvalue weighted by atomic mass is 14.7. The summed E-state index contributed by atoms with van der Waals surface area (Å²) in [6.07, 6.45) is 0.985. The number of benzene rings is 1. The van der Waals surface area contributed by atoms with Gasteiger partial charge in [0.25, 0.3) is 0 Å². The Hall–Kier alpha value is -1.88. The Bertz CT molecular complexity index is 592. The van der Waals surface area contributed by atoms with Crippen LogP contribution in [-0.2, 0) is 6.42 Å². The van der Waals surface area contributed by atoms with Crippen molar-refractivity contribution in [2.75, 3.05) is 0 Å². The van der Waals surface area contributed by atoms with E-state index in [0.29, 0.717) is 5.92 Å². The zero-order valence-electron chi connectivity index (χ0n) is 10.5. The topological polar surface area (TPSA) is 36.7 Å². The molecule has 0 spiro atoms. The molecule has 0 atom stereocenters. The number of fused-ring (bicyclic) bond motifs is 1. The minimum atomic E-state index is 0.576. The molecular weight excluding hydrogens is 208 g/mol. The lowest BCUT2D eigenvalue weighted by Gasteiger charge is -2.11. The van der Waals surface area contributed by atoms with Gasteiger partial charge in [0, 0.05) is 11.1 Å². The number of rotatable bonds is 2. The summed E-state index contributed by atoms with van der Waals surface area (Å²) < 4.78 is 0. The minimum Gasteiger partial charge on any atom is -0.253 e. The van der Waals surface area contributed by atoms with Gasteiger partial charge in [-0.15, -0.1) is 0 Å². The van der Waals surface area contributed by atoms with Crippen LogP contribution in [-0.4, -0.2) is 4.98 Å². The third kappa shape index (κ3) is 2.29. The first kappa shape index (κ1) is 11.6. The molecule has 1 heterocycles. The molecule has 0 bridgehead atoms. The van der Waals surface area contributed by atoms with E-state index >= 15 is 0 Å². The highest BCUT2D eigenvalue weighted by Crippen LogP contribution is 2.24. The van der Waals surface area contributed by atoms with Crippen molar-refractivity contribution in [2.24, 2.45) is 5.92 Å². The summed E-state index contributed by atoms with van der Waals surface area (Å²) in [6, 6.07) is 10.1. The van der Waals surface area contributed by atoms with Gasteiger partial charge in [-0.05, 0) is 43.0 Å². The molecule has 0 saturated heterocycles. The number of aryl methyl sites for hydroxylation is 1. The SMILES string of the molecule is Cc1cc(CC(C)C)c2c(C#N)cccc2n1. The summed E-state index contributed by atoms with van der Waals surface area (Å²) >= 11 is 0. The predicted octanol–water partition coefficient (Wildman–Crippen LogP) is 3.61. The molecule has 2 aromatic rings. The Morgan fingerprint density at radius 1 is 1.35 bits per heavy atom. The second-order valence-electron chi connectivity index (χ2n) is 4.83. The number of aromatic nitrogens is 1. The fourth-order valence-electron chi connectivity index (χ4n) is 2.21. The van der Waals surface area contributed by atoms with Gasteiger partial charge in [-0.1, -0.05) is 19.9 Å². The first-order valence-electron chi connectivity index (χ1n) is 5.91. The Morgan fingerprint density at radius 2 is 2.12 bits per heavy atom. The van der Waals surface area contributed by atoms with Gasteiger partial charge < -0.3 is 0 Å². The molecule has 1 aromatic carbocycles. The molecule has 0 fully saturated rings. The van der Waals surface area contributed by atoms with Crippen LogP contribution in [0.1, 0.15) is 30.7 Å². The number of nitrogens with zero attached hydrogens (tertiary/aromatic N) is 2. The van der Waals surface area contributed by atoms with Crippen molar-refractivity contribution in [1.29, 1.82) is 5.26 Å². The summed E-state index contributed by atoms with van der Waals surface area (Å²) in [5.74, 6) is 0.576. The molecule has 0 N–H and O–H groups in total. The number of nitriles is 1. The van der Waals surface area contributed by atoms with Gasteiger partial charge in [0.2, 0.25) is 0 Å². The molecular formula is C15H16N2. The molecule has 0 aliphatic carbocycles. The van der Waals surface area contributed by atoms with Crippen molar-refractivity contribution >= 4 is 10.9 Å². The quantitative estimate of drug-likeness (QED) is 0.781. The first-order valence-corrected chi connectivity index (χ1v) is 5.91. The van der Waals surface area contributed by atoms with Crippen LogP contribution < -0.4 is 0 Å². The van der Waals surface area contributed by atoms with Crippen molar-refractivity contribution < 1.29 is 0 Å². The predicted molar refractivity (Wildman–Crippen MR) is 69.7 cm³/mol. The van der Waals surface area contributed by atoms with E-state index < -0.39 is 0 Å². The molecule has 0 saturated carbocycles. The van der Waals surface area contributed by atoms with E-state index in [1.165, 1.54) is 5.56 Å². The molecule has 1 aromatic heterocycles. The molecule has 2 rings (SSSR count). The standard InChI is InChI=1S/C15H16N2/c1-10(2)7-13-8-11(3)17-14-6-4-5-12(9-16)15(13)14/h4-6,8,10H,7H2,1-3H3. The van der Waals surface area contributed by atoms with Crippen LogP contribution in [0.4, 0.5) is 0 Å². The van der Waals surface area contributed by atoms with Gasteiger partial charge in [-0.3, -0.25) is 4.98 Å². The summed E-state index contributed by atoms with van der Waals surface area (Å²) in [6.45, 7) is 6.38. The third-order valence-corrected chi connectivity index (χ3v) is 2.79. The van der Waals surface area contributed by atoms with Gasteiger partial charge in [0.1, 0.15) is 0 Å². The Labute approximate surface area is 102 Å². The summed E-state index contributed by atoms with van der Waals surface area (Å²) in [4.78, 5) is 4.50. The van der Waals surface area contributed by atoms with Crippen LogP contribution >= 0.6 is 0 Å². The van der Waals surface area contributed by atoms with E-state index in [-0.39, 0.29) is 0 Å². The fourth-order valence-corrected chi connectivity index (χ4v) is 2.21. The van der Waals surface area contributed by atoms with Crippen molar-refractivity contribution in [1.82, 2.24) is 4.98 Å².